The highest BCUT2D eigenvalue weighted by Gasteiger charge is 2.18. The number of aromatic nitrogens is 2. The van der Waals surface area contributed by atoms with Crippen molar-refractivity contribution < 1.29 is 14.3 Å². The number of nitrogens with one attached hydrogen (secondary N) is 2. The molecule has 3 aromatic carbocycles. The number of amides is 1. The number of nitrogens with zero attached hydrogens (tertiary/aromatic N) is 1. The number of aromatic amines is 1. The van der Waals surface area contributed by atoms with Gasteiger partial charge in [0.05, 0.1) is 16.6 Å². The molecule has 0 saturated heterocycles. The zero-order chi connectivity index (χ0) is 21.1. The van der Waals surface area contributed by atoms with Crippen LogP contribution in [0.15, 0.2) is 66.7 Å². The SMILES string of the molecule is Cc1cccc(NC(=O)COC(=O)c2ccccc2-c2nc3ccccc3[nH]2)c1C. The molecule has 0 fully saturated rings. The third-order valence-electron chi connectivity index (χ3n) is 5.00. The van der Waals surface area contributed by atoms with Crippen molar-refractivity contribution in [2.24, 2.45) is 0 Å². The second-order valence-corrected chi connectivity index (χ2v) is 7.02. The van der Waals surface area contributed by atoms with Gasteiger partial charge in [-0.25, -0.2) is 9.78 Å². The molecular formula is C24H21N3O3. The van der Waals surface area contributed by atoms with Gasteiger partial charge >= 0.3 is 5.97 Å². The molecule has 150 valence electrons. The van der Waals surface area contributed by atoms with Crippen LogP contribution in [0.3, 0.4) is 0 Å². The lowest BCUT2D eigenvalue weighted by atomic mass is 10.1. The Morgan fingerprint density at radius 3 is 2.57 bits per heavy atom. The molecule has 0 aliphatic rings. The maximum atomic E-state index is 12.7. The normalized spacial score (nSPS) is 10.7. The molecule has 6 nitrogen and oxygen atoms in total. The molecule has 4 rings (SSSR count). The van der Waals surface area contributed by atoms with E-state index in [0.29, 0.717) is 22.6 Å². The third-order valence-corrected chi connectivity index (χ3v) is 5.00. The minimum atomic E-state index is -0.581. The zero-order valence-corrected chi connectivity index (χ0v) is 16.7. The maximum absolute atomic E-state index is 12.7. The fraction of sp³-hybridized carbons (Fsp3) is 0.125. The van der Waals surface area contributed by atoms with E-state index in [2.05, 4.69) is 15.3 Å². The summed E-state index contributed by atoms with van der Waals surface area (Å²) in [6.07, 6.45) is 0. The number of ether oxygens (including phenoxy) is 1. The molecule has 0 radical (unpaired) electrons. The van der Waals surface area contributed by atoms with Crippen LogP contribution in [0.2, 0.25) is 0 Å². The number of carbonyl (C=O) groups is 2. The number of benzene rings is 3. The average molecular weight is 399 g/mol. The lowest BCUT2D eigenvalue weighted by Gasteiger charge is -2.11. The number of aryl methyl sites for hydroxylation is 1. The Morgan fingerprint density at radius 1 is 0.967 bits per heavy atom. The van der Waals surface area contributed by atoms with Crippen LogP contribution in [0.25, 0.3) is 22.4 Å². The van der Waals surface area contributed by atoms with Crippen LogP contribution in [0.5, 0.6) is 0 Å². The van der Waals surface area contributed by atoms with Gasteiger partial charge in [-0.15, -0.1) is 0 Å². The van der Waals surface area contributed by atoms with Crippen LogP contribution >= 0.6 is 0 Å². The van der Waals surface area contributed by atoms with Crippen molar-refractivity contribution in [3.05, 3.63) is 83.4 Å². The minimum absolute atomic E-state index is 0.344. The fourth-order valence-electron chi connectivity index (χ4n) is 3.23. The molecule has 0 unspecified atom stereocenters. The van der Waals surface area contributed by atoms with Crippen LogP contribution in [0, 0.1) is 13.8 Å². The maximum Gasteiger partial charge on any atom is 0.339 e. The standard InChI is InChI=1S/C24H21N3O3/c1-15-8-7-13-19(16(15)2)25-22(28)14-30-24(29)18-10-4-3-9-17(18)23-26-20-11-5-6-12-21(20)27-23/h3-13H,14H2,1-2H3,(H,25,28)(H,26,27). The van der Waals surface area contributed by atoms with Crippen molar-refractivity contribution in [3.63, 3.8) is 0 Å². The summed E-state index contributed by atoms with van der Waals surface area (Å²) in [5.74, 6) is -0.399. The summed E-state index contributed by atoms with van der Waals surface area (Å²) in [5, 5.41) is 2.79. The van der Waals surface area contributed by atoms with Gasteiger partial charge in [0.2, 0.25) is 0 Å². The molecule has 6 heteroatoms. The first-order chi connectivity index (χ1) is 14.5. The molecule has 0 aliphatic heterocycles. The number of fused-ring (bicyclic) bond motifs is 1. The van der Waals surface area contributed by atoms with Crippen LogP contribution in [0.4, 0.5) is 5.69 Å². The van der Waals surface area contributed by atoms with E-state index in [9.17, 15) is 9.59 Å². The molecule has 0 spiro atoms. The molecule has 0 saturated carbocycles. The van der Waals surface area contributed by atoms with Crippen molar-refractivity contribution in [1.29, 1.82) is 0 Å². The average Bonchev–Trinajstić information content (AvgIpc) is 3.19. The van der Waals surface area contributed by atoms with E-state index in [1.54, 1.807) is 18.2 Å². The number of esters is 1. The van der Waals surface area contributed by atoms with E-state index in [4.69, 9.17) is 4.74 Å². The van der Waals surface area contributed by atoms with Crippen LogP contribution in [-0.2, 0) is 9.53 Å². The molecule has 0 atom stereocenters. The van der Waals surface area contributed by atoms with Crippen molar-refractivity contribution in [2.45, 2.75) is 13.8 Å². The first kappa shape index (κ1) is 19.4. The summed E-state index contributed by atoms with van der Waals surface area (Å²) in [6, 6.07) is 20.3. The van der Waals surface area contributed by atoms with Gasteiger partial charge in [-0.3, -0.25) is 4.79 Å². The summed E-state index contributed by atoms with van der Waals surface area (Å²) in [5.41, 5.74) is 5.41. The molecule has 4 aromatic rings. The summed E-state index contributed by atoms with van der Waals surface area (Å²) >= 11 is 0. The van der Waals surface area contributed by atoms with Crippen LogP contribution < -0.4 is 5.32 Å². The second kappa shape index (κ2) is 8.21. The van der Waals surface area contributed by atoms with Gasteiger partial charge in [-0.1, -0.05) is 42.5 Å². The number of H-pyrrole nitrogens is 1. The van der Waals surface area contributed by atoms with E-state index in [-0.39, 0.29) is 6.61 Å². The molecule has 2 N–H and O–H groups in total. The molecule has 0 aliphatic carbocycles. The van der Waals surface area contributed by atoms with Gasteiger partial charge in [-0.05, 0) is 49.2 Å². The van der Waals surface area contributed by atoms with E-state index in [1.165, 1.54) is 0 Å². The number of imidazole rings is 1. The highest BCUT2D eigenvalue weighted by molar-refractivity contribution is 5.99. The number of rotatable bonds is 5. The van der Waals surface area contributed by atoms with Gasteiger partial charge in [0.1, 0.15) is 5.82 Å². The van der Waals surface area contributed by atoms with Crippen molar-refractivity contribution in [3.8, 4) is 11.4 Å². The van der Waals surface area contributed by atoms with Crippen molar-refractivity contribution >= 4 is 28.6 Å². The number of carbonyl (C=O) groups excluding carboxylic acids is 2. The smallest absolute Gasteiger partial charge is 0.339 e. The van der Waals surface area contributed by atoms with Crippen LogP contribution in [-0.4, -0.2) is 28.5 Å². The number of hydrogen-bond acceptors (Lipinski definition) is 4. The molecular weight excluding hydrogens is 378 g/mol. The van der Waals surface area contributed by atoms with Gasteiger partial charge in [0, 0.05) is 11.3 Å². The largest absolute Gasteiger partial charge is 0.452 e. The van der Waals surface area contributed by atoms with E-state index < -0.39 is 11.9 Å². The summed E-state index contributed by atoms with van der Waals surface area (Å²) in [4.78, 5) is 32.7. The van der Waals surface area contributed by atoms with E-state index in [0.717, 1.165) is 22.2 Å². The van der Waals surface area contributed by atoms with Gasteiger partial charge in [0.25, 0.3) is 5.91 Å². The van der Waals surface area contributed by atoms with E-state index >= 15 is 0 Å². The van der Waals surface area contributed by atoms with Gasteiger partial charge in [-0.2, -0.15) is 0 Å². The summed E-state index contributed by atoms with van der Waals surface area (Å²) < 4.78 is 5.28. The summed E-state index contributed by atoms with van der Waals surface area (Å²) in [7, 11) is 0. The third kappa shape index (κ3) is 3.93. The Morgan fingerprint density at radius 2 is 1.73 bits per heavy atom. The predicted octanol–water partition coefficient (Wildman–Crippen LogP) is 4.64. The van der Waals surface area contributed by atoms with E-state index in [1.807, 2.05) is 62.4 Å². The zero-order valence-electron chi connectivity index (χ0n) is 16.7. The lowest BCUT2D eigenvalue weighted by Crippen LogP contribution is -2.21. The highest BCUT2D eigenvalue weighted by atomic mass is 16.5. The van der Waals surface area contributed by atoms with Crippen molar-refractivity contribution in [2.75, 3.05) is 11.9 Å². The Bertz CT molecular complexity index is 1210. The van der Waals surface area contributed by atoms with Gasteiger partial charge < -0.3 is 15.0 Å². The lowest BCUT2D eigenvalue weighted by molar-refractivity contribution is -0.119. The Hall–Kier alpha value is -3.93. The Balaban J connectivity index is 1.49. The molecule has 1 amide bonds. The monoisotopic (exact) mass is 399 g/mol. The Kier molecular flexibility index (Phi) is 5.30. The van der Waals surface area contributed by atoms with Crippen molar-refractivity contribution in [1.82, 2.24) is 9.97 Å². The number of para-hydroxylation sites is 2. The molecule has 30 heavy (non-hydrogen) atoms. The molecule has 0 bridgehead atoms. The van der Waals surface area contributed by atoms with Crippen LogP contribution in [0.1, 0.15) is 21.5 Å². The molecule has 1 heterocycles. The quantitative estimate of drug-likeness (QED) is 0.479. The highest BCUT2D eigenvalue weighted by Crippen LogP contribution is 2.24. The second-order valence-electron chi connectivity index (χ2n) is 7.02. The molecule has 1 aromatic heterocycles. The fourth-order valence-corrected chi connectivity index (χ4v) is 3.23. The first-order valence-corrected chi connectivity index (χ1v) is 9.60. The minimum Gasteiger partial charge on any atom is -0.452 e. The number of hydrogen-bond donors (Lipinski definition) is 2. The first-order valence-electron chi connectivity index (χ1n) is 9.60. The Labute approximate surface area is 173 Å². The predicted molar refractivity (Wildman–Crippen MR) is 116 cm³/mol. The summed E-state index contributed by atoms with van der Waals surface area (Å²) in [6.45, 7) is 3.53. The van der Waals surface area contributed by atoms with Gasteiger partial charge in [0.15, 0.2) is 6.61 Å². The topological polar surface area (TPSA) is 84.1 Å². The number of anilines is 1.